The first-order chi connectivity index (χ1) is 15.6. The second kappa shape index (κ2) is 11.0. The molecule has 0 unspecified atom stereocenters. The number of methoxy groups -OCH3 is 2. The standard InChI is InChI=1S/C24H30N4O3S/c1-6-16-10-9-11-17(7-2)22(16)25-21(29)15-32-24-27-26-23(28(24)8-3)18-12-13-19(30-4)20(14-18)31-5/h9-14H,6-8,15H2,1-5H3,(H,25,29). The van der Waals surface area contributed by atoms with E-state index in [-0.39, 0.29) is 11.7 Å². The van der Waals surface area contributed by atoms with E-state index < -0.39 is 0 Å². The number of rotatable bonds is 10. The normalized spacial score (nSPS) is 10.8. The maximum absolute atomic E-state index is 12.7. The fraction of sp³-hybridized carbons (Fsp3) is 0.375. The monoisotopic (exact) mass is 454 g/mol. The minimum absolute atomic E-state index is 0.0519. The number of carbonyl (C=O) groups excluding carboxylic acids is 1. The lowest BCUT2D eigenvalue weighted by Crippen LogP contribution is -2.17. The average Bonchev–Trinajstić information content (AvgIpc) is 3.25. The second-order valence-electron chi connectivity index (χ2n) is 7.12. The number of carbonyl (C=O) groups is 1. The average molecular weight is 455 g/mol. The number of anilines is 1. The summed E-state index contributed by atoms with van der Waals surface area (Å²) in [6.45, 7) is 6.90. The van der Waals surface area contributed by atoms with Crippen molar-refractivity contribution in [1.29, 1.82) is 0 Å². The van der Waals surface area contributed by atoms with Crippen molar-refractivity contribution in [1.82, 2.24) is 14.8 Å². The van der Waals surface area contributed by atoms with E-state index in [4.69, 9.17) is 9.47 Å². The molecule has 0 radical (unpaired) electrons. The van der Waals surface area contributed by atoms with E-state index in [9.17, 15) is 4.79 Å². The van der Waals surface area contributed by atoms with Gasteiger partial charge in [0.1, 0.15) is 0 Å². The molecule has 1 amide bonds. The van der Waals surface area contributed by atoms with E-state index in [2.05, 4.69) is 41.5 Å². The lowest BCUT2D eigenvalue weighted by atomic mass is 10.0. The Balaban J connectivity index is 1.76. The number of thioether (sulfide) groups is 1. The summed E-state index contributed by atoms with van der Waals surface area (Å²) in [6, 6.07) is 11.8. The number of aryl methyl sites for hydroxylation is 2. The summed E-state index contributed by atoms with van der Waals surface area (Å²) >= 11 is 1.38. The first-order valence-corrected chi connectivity index (χ1v) is 11.7. The number of aromatic nitrogens is 3. The minimum Gasteiger partial charge on any atom is -0.493 e. The third-order valence-corrected chi connectivity index (χ3v) is 6.24. The predicted molar refractivity (Wildman–Crippen MR) is 129 cm³/mol. The molecule has 170 valence electrons. The fourth-order valence-corrected chi connectivity index (χ4v) is 4.38. The smallest absolute Gasteiger partial charge is 0.234 e. The zero-order valence-corrected chi connectivity index (χ0v) is 20.1. The van der Waals surface area contributed by atoms with Gasteiger partial charge in [0.15, 0.2) is 22.5 Å². The number of para-hydroxylation sites is 1. The molecule has 1 aromatic heterocycles. The van der Waals surface area contributed by atoms with Crippen molar-refractivity contribution in [3.63, 3.8) is 0 Å². The van der Waals surface area contributed by atoms with Crippen LogP contribution in [0.3, 0.4) is 0 Å². The Bertz CT molecular complexity index is 1060. The molecule has 8 heteroatoms. The molecule has 0 spiro atoms. The zero-order valence-electron chi connectivity index (χ0n) is 19.3. The SMILES string of the molecule is CCc1cccc(CC)c1NC(=O)CSc1nnc(-c2ccc(OC)c(OC)c2)n1CC. The Morgan fingerprint density at radius 2 is 1.69 bits per heavy atom. The molecule has 1 heterocycles. The molecule has 0 saturated carbocycles. The van der Waals surface area contributed by atoms with Crippen LogP contribution < -0.4 is 14.8 Å². The van der Waals surface area contributed by atoms with Gasteiger partial charge in [-0.3, -0.25) is 4.79 Å². The molecule has 2 aromatic carbocycles. The van der Waals surface area contributed by atoms with Crippen molar-refractivity contribution in [2.24, 2.45) is 0 Å². The molecule has 0 aliphatic carbocycles. The van der Waals surface area contributed by atoms with Crippen LogP contribution in [0.5, 0.6) is 11.5 Å². The molecule has 1 N–H and O–H groups in total. The molecule has 0 bridgehead atoms. The highest BCUT2D eigenvalue weighted by Crippen LogP contribution is 2.33. The number of ether oxygens (including phenoxy) is 2. The van der Waals surface area contributed by atoms with E-state index in [0.717, 1.165) is 41.0 Å². The highest BCUT2D eigenvalue weighted by atomic mass is 32.2. The Morgan fingerprint density at radius 1 is 1.00 bits per heavy atom. The number of nitrogens with one attached hydrogen (secondary N) is 1. The van der Waals surface area contributed by atoms with E-state index in [1.54, 1.807) is 14.2 Å². The van der Waals surface area contributed by atoms with Gasteiger partial charge in [0.05, 0.1) is 20.0 Å². The summed E-state index contributed by atoms with van der Waals surface area (Å²) in [5.41, 5.74) is 4.11. The van der Waals surface area contributed by atoms with Gasteiger partial charge in [0.25, 0.3) is 0 Å². The topological polar surface area (TPSA) is 78.3 Å². The largest absolute Gasteiger partial charge is 0.493 e. The number of hydrogen-bond donors (Lipinski definition) is 1. The molecule has 3 aromatic rings. The van der Waals surface area contributed by atoms with Gasteiger partial charge in [-0.05, 0) is 49.1 Å². The quantitative estimate of drug-likeness (QED) is 0.442. The Morgan fingerprint density at radius 3 is 2.28 bits per heavy atom. The van der Waals surface area contributed by atoms with Gasteiger partial charge in [-0.15, -0.1) is 10.2 Å². The predicted octanol–water partition coefficient (Wildman–Crippen LogP) is 4.84. The number of amides is 1. The second-order valence-corrected chi connectivity index (χ2v) is 8.06. The van der Waals surface area contributed by atoms with Gasteiger partial charge >= 0.3 is 0 Å². The van der Waals surface area contributed by atoms with Gasteiger partial charge in [-0.2, -0.15) is 0 Å². The van der Waals surface area contributed by atoms with Crippen LogP contribution in [-0.2, 0) is 24.2 Å². The van der Waals surface area contributed by atoms with Crippen LogP contribution in [0.25, 0.3) is 11.4 Å². The molecule has 32 heavy (non-hydrogen) atoms. The van der Waals surface area contributed by atoms with E-state index in [0.29, 0.717) is 23.2 Å². The van der Waals surface area contributed by atoms with Crippen molar-refractivity contribution >= 4 is 23.4 Å². The third kappa shape index (κ3) is 5.07. The molecule has 0 aliphatic heterocycles. The van der Waals surface area contributed by atoms with E-state index >= 15 is 0 Å². The summed E-state index contributed by atoms with van der Waals surface area (Å²) < 4.78 is 12.7. The Kier molecular flexibility index (Phi) is 8.16. The van der Waals surface area contributed by atoms with Gasteiger partial charge in [-0.25, -0.2) is 0 Å². The lowest BCUT2D eigenvalue weighted by Gasteiger charge is -2.14. The van der Waals surface area contributed by atoms with Gasteiger partial charge in [0, 0.05) is 17.8 Å². The van der Waals surface area contributed by atoms with Crippen LogP contribution in [0.4, 0.5) is 5.69 Å². The fourth-order valence-electron chi connectivity index (χ4n) is 3.58. The molecule has 0 saturated heterocycles. The van der Waals surface area contributed by atoms with E-state index in [1.807, 2.05) is 35.8 Å². The Labute approximate surface area is 193 Å². The molecular weight excluding hydrogens is 424 g/mol. The molecule has 0 fully saturated rings. The summed E-state index contributed by atoms with van der Waals surface area (Å²) in [5.74, 6) is 2.21. The van der Waals surface area contributed by atoms with Crippen LogP contribution >= 0.6 is 11.8 Å². The van der Waals surface area contributed by atoms with Crippen LogP contribution in [0.1, 0.15) is 31.9 Å². The number of hydrogen-bond acceptors (Lipinski definition) is 6. The highest BCUT2D eigenvalue weighted by Gasteiger charge is 2.17. The lowest BCUT2D eigenvalue weighted by molar-refractivity contribution is -0.113. The Hall–Kier alpha value is -3.00. The maximum Gasteiger partial charge on any atom is 0.234 e. The third-order valence-electron chi connectivity index (χ3n) is 5.27. The van der Waals surface area contributed by atoms with Crippen LogP contribution in [0.2, 0.25) is 0 Å². The molecule has 0 atom stereocenters. The molecule has 7 nitrogen and oxygen atoms in total. The van der Waals surface area contributed by atoms with Crippen molar-refractivity contribution < 1.29 is 14.3 Å². The number of nitrogens with zero attached hydrogens (tertiary/aromatic N) is 3. The molecule has 0 aliphatic rings. The summed E-state index contributed by atoms with van der Waals surface area (Å²) in [5, 5.41) is 12.5. The zero-order chi connectivity index (χ0) is 23.1. The number of benzene rings is 2. The highest BCUT2D eigenvalue weighted by molar-refractivity contribution is 7.99. The molecule has 3 rings (SSSR count). The van der Waals surface area contributed by atoms with Gasteiger partial charge in [-0.1, -0.05) is 43.8 Å². The van der Waals surface area contributed by atoms with E-state index in [1.165, 1.54) is 11.8 Å². The van der Waals surface area contributed by atoms with Crippen LogP contribution in [0, 0.1) is 0 Å². The first-order valence-electron chi connectivity index (χ1n) is 10.7. The van der Waals surface area contributed by atoms with Crippen molar-refractivity contribution in [3.05, 3.63) is 47.5 Å². The minimum atomic E-state index is -0.0519. The van der Waals surface area contributed by atoms with Crippen molar-refractivity contribution in [2.45, 2.75) is 45.3 Å². The summed E-state index contributed by atoms with van der Waals surface area (Å²) in [6.07, 6.45) is 1.74. The summed E-state index contributed by atoms with van der Waals surface area (Å²) in [7, 11) is 3.21. The summed E-state index contributed by atoms with van der Waals surface area (Å²) in [4.78, 5) is 12.7. The van der Waals surface area contributed by atoms with Gasteiger partial charge < -0.3 is 19.4 Å². The maximum atomic E-state index is 12.7. The van der Waals surface area contributed by atoms with Gasteiger partial charge in [0.2, 0.25) is 5.91 Å². The van der Waals surface area contributed by atoms with Crippen molar-refractivity contribution in [2.75, 3.05) is 25.3 Å². The van der Waals surface area contributed by atoms with Crippen LogP contribution in [0.15, 0.2) is 41.6 Å². The van der Waals surface area contributed by atoms with Crippen LogP contribution in [-0.4, -0.2) is 40.6 Å². The molecular formula is C24H30N4O3S. The first kappa shape index (κ1) is 23.7. The van der Waals surface area contributed by atoms with Crippen molar-refractivity contribution in [3.8, 4) is 22.9 Å².